The van der Waals surface area contributed by atoms with Gasteiger partial charge in [-0.1, -0.05) is 18.2 Å². The molecule has 5 heterocycles. The van der Waals surface area contributed by atoms with Crippen LogP contribution in [0.3, 0.4) is 0 Å². The molecule has 11 heteroatoms. The van der Waals surface area contributed by atoms with Gasteiger partial charge in [0.1, 0.15) is 11.6 Å². The van der Waals surface area contributed by atoms with Gasteiger partial charge in [0.05, 0.1) is 11.9 Å². The Labute approximate surface area is 248 Å². The summed E-state index contributed by atoms with van der Waals surface area (Å²) in [5, 5.41) is 13.9. The van der Waals surface area contributed by atoms with Gasteiger partial charge in [0.25, 0.3) is 5.91 Å². The summed E-state index contributed by atoms with van der Waals surface area (Å²) in [4.78, 5) is 39.7. The number of likely N-dealkylation sites (tertiary alicyclic amines) is 1. The zero-order valence-corrected chi connectivity index (χ0v) is 24.3. The number of hydrogen-bond acceptors (Lipinski definition) is 7. The van der Waals surface area contributed by atoms with E-state index in [0.29, 0.717) is 36.4 Å². The van der Waals surface area contributed by atoms with E-state index in [4.69, 9.17) is 0 Å². The first-order valence-electron chi connectivity index (χ1n) is 14.8. The predicted molar refractivity (Wildman–Crippen MR) is 159 cm³/mol. The van der Waals surface area contributed by atoms with Crippen molar-refractivity contribution in [3.05, 3.63) is 83.2 Å². The van der Waals surface area contributed by atoms with Crippen LogP contribution in [0.5, 0.6) is 0 Å². The highest BCUT2D eigenvalue weighted by Crippen LogP contribution is 2.44. The molecule has 1 saturated carbocycles. The molecule has 0 bridgehead atoms. The molecule has 1 aliphatic carbocycles. The third kappa shape index (κ3) is 4.96. The third-order valence-electron chi connectivity index (χ3n) is 9.49. The van der Waals surface area contributed by atoms with Crippen LogP contribution in [0.15, 0.2) is 54.7 Å². The normalized spacial score (nSPS) is 20.7. The van der Waals surface area contributed by atoms with E-state index in [1.54, 1.807) is 27.6 Å². The first-order chi connectivity index (χ1) is 20.7. The second kappa shape index (κ2) is 10.3. The van der Waals surface area contributed by atoms with Crippen LogP contribution < -0.4 is 9.80 Å². The lowest BCUT2D eigenvalue weighted by molar-refractivity contribution is 0.0157. The van der Waals surface area contributed by atoms with Gasteiger partial charge in [0, 0.05) is 45.2 Å². The number of carbonyl (C=O) groups excluding carboxylic acids is 1. The molecule has 3 aliphatic rings. The minimum absolute atomic E-state index is 0.0301. The standard InChI is InChI=1S/C32H34FN7O3/c1-20-13-24(37(2)15-22-9-10-25(22)21-5-3-6-23(33)14-21)16-40-29(20)35-28(36-40)30(41)39-18-32(19-39)11-12-38(17-32)27-8-4-7-26(34-27)31(42)43/h3-8,13-14,16,22,25H,9-12,15,17-19H2,1-2H3,(H,42,43). The maximum atomic E-state index is 13.8. The molecule has 2 saturated heterocycles. The van der Waals surface area contributed by atoms with Crippen LogP contribution in [0, 0.1) is 24.1 Å². The number of anilines is 2. The summed E-state index contributed by atoms with van der Waals surface area (Å²) >= 11 is 0. The molecule has 3 fully saturated rings. The quantitative estimate of drug-likeness (QED) is 0.344. The molecule has 3 aromatic heterocycles. The van der Waals surface area contributed by atoms with E-state index >= 15 is 0 Å². The first-order valence-corrected chi connectivity index (χ1v) is 14.8. The highest BCUT2D eigenvalue weighted by Gasteiger charge is 2.50. The third-order valence-corrected chi connectivity index (χ3v) is 9.49. The molecule has 2 unspecified atom stereocenters. The Kier molecular flexibility index (Phi) is 6.55. The molecule has 222 valence electrons. The number of hydrogen-bond donors (Lipinski definition) is 1. The van der Waals surface area contributed by atoms with E-state index in [0.717, 1.165) is 55.7 Å². The van der Waals surface area contributed by atoms with Crippen LogP contribution in [-0.2, 0) is 0 Å². The monoisotopic (exact) mass is 583 g/mol. The van der Waals surface area contributed by atoms with E-state index in [9.17, 15) is 19.1 Å². The van der Waals surface area contributed by atoms with E-state index in [1.165, 1.54) is 12.1 Å². The number of carboxylic acid groups (broad SMARTS) is 1. The summed E-state index contributed by atoms with van der Waals surface area (Å²) in [5.74, 6) is 0.233. The SMILES string of the molecule is Cc1cc(N(C)CC2CCC2c2cccc(F)c2)cn2nc(C(=O)N3CC4(CCN(c5cccc(C(=O)O)n5)C4)C3)nc12. The molecule has 2 atom stereocenters. The number of benzene rings is 1. The Morgan fingerprint density at radius 2 is 1.91 bits per heavy atom. The Balaban J connectivity index is 1.00. The van der Waals surface area contributed by atoms with Gasteiger partial charge in [-0.05, 0) is 79.5 Å². The number of aromatic carboxylic acids is 1. The number of aryl methyl sites for hydroxylation is 1. The van der Waals surface area contributed by atoms with Crippen LogP contribution in [0.2, 0.25) is 0 Å². The summed E-state index contributed by atoms with van der Waals surface area (Å²) < 4.78 is 15.5. The topological polar surface area (TPSA) is 107 Å². The minimum Gasteiger partial charge on any atom is -0.477 e. The predicted octanol–water partition coefficient (Wildman–Crippen LogP) is 4.25. The molecule has 0 radical (unpaired) electrons. The number of amides is 1. The maximum absolute atomic E-state index is 13.8. The van der Waals surface area contributed by atoms with Crippen molar-refractivity contribution in [2.24, 2.45) is 11.3 Å². The van der Waals surface area contributed by atoms with Crippen molar-refractivity contribution >= 4 is 29.0 Å². The number of carboxylic acids is 1. The number of aromatic nitrogens is 4. The molecular formula is C32H34FN7O3. The second-order valence-electron chi connectivity index (χ2n) is 12.5. The Morgan fingerprint density at radius 3 is 2.65 bits per heavy atom. The summed E-state index contributed by atoms with van der Waals surface area (Å²) in [6.45, 7) is 5.53. The van der Waals surface area contributed by atoms with Crippen molar-refractivity contribution in [2.45, 2.75) is 32.1 Å². The first kappa shape index (κ1) is 27.3. The summed E-state index contributed by atoms with van der Waals surface area (Å²) in [6, 6.07) is 14.1. The largest absolute Gasteiger partial charge is 0.477 e. The van der Waals surface area contributed by atoms with E-state index in [2.05, 4.69) is 38.0 Å². The van der Waals surface area contributed by atoms with Crippen molar-refractivity contribution in [1.29, 1.82) is 0 Å². The molecule has 1 amide bonds. The van der Waals surface area contributed by atoms with Crippen LogP contribution >= 0.6 is 0 Å². The van der Waals surface area contributed by atoms with Gasteiger partial charge < -0.3 is 19.8 Å². The van der Waals surface area contributed by atoms with Gasteiger partial charge >= 0.3 is 5.97 Å². The average molecular weight is 584 g/mol. The lowest BCUT2D eigenvalue weighted by atomic mass is 9.70. The van der Waals surface area contributed by atoms with Crippen LogP contribution in [0.25, 0.3) is 5.65 Å². The Bertz CT molecular complexity index is 1730. The summed E-state index contributed by atoms with van der Waals surface area (Å²) in [7, 11) is 2.06. The minimum atomic E-state index is -1.04. The van der Waals surface area contributed by atoms with E-state index in [-0.39, 0.29) is 28.7 Å². The van der Waals surface area contributed by atoms with Crippen molar-refractivity contribution in [2.75, 3.05) is 49.6 Å². The number of fused-ring (bicyclic) bond motifs is 1. The van der Waals surface area contributed by atoms with Gasteiger partial charge in [0.15, 0.2) is 11.3 Å². The number of halogens is 1. The van der Waals surface area contributed by atoms with Gasteiger partial charge in [-0.2, -0.15) is 0 Å². The lowest BCUT2D eigenvalue weighted by Crippen LogP contribution is -2.59. The van der Waals surface area contributed by atoms with Gasteiger partial charge in [-0.3, -0.25) is 4.79 Å². The van der Waals surface area contributed by atoms with Crippen molar-refractivity contribution in [3.8, 4) is 0 Å². The van der Waals surface area contributed by atoms with E-state index in [1.807, 2.05) is 25.3 Å². The fourth-order valence-electron chi connectivity index (χ4n) is 7.01. The van der Waals surface area contributed by atoms with Crippen LogP contribution in [0.1, 0.15) is 57.4 Å². The lowest BCUT2D eigenvalue weighted by Gasteiger charge is -2.47. The molecular weight excluding hydrogens is 549 g/mol. The molecule has 4 aromatic rings. The van der Waals surface area contributed by atoms with Gasteiger partial charge in [0.2, 0.25) is 5.82 Å². The van der Waals surface area contributed by atoms with Gasteiger partial charge in [-0.25, -0.2) is 23.7 Å². The van der Waals surface area contributed by atoms with Crippen molar-refractivity contribution in [1.82, 2.24) is 24.5 Å². The Morgan fingerprint density at radius 1 is 1.09 bits per heavy atom. The molecule has 1 aromatic carbocycles. The number of pyridine rings is 2. The smallest absolute Gasteiger partial charge is 0.354 e. The Hall–Kier alpha value is -4.54. The zero-order valence-electron chi connectivity index (χ0n) is 24.3. The van der Waals surface area contributed by atoms with Crippen molar-refractivity contribution < 1.29 is 19.1 Å². The van der Waals surface area contributed by atoms with E-state index < -0.39 is 5.97 Å². The van der Waals surface area contributed by atoms with Gasteiger partial charge in [-0.15, -0.1) is 5.10 Å². The maximum Gasteiger partial charge on any atom is 0.354 e. The molecule has 7 rings (SSSR count). The summed E-state index contributed by atoms with van der Waals surface area (Å²) in [6.07, 6.45) is 5.01. The number of nitrogens with zero attached hydrogens (tertiary/aromatic N) is 7. The zero-order chi connectivity index (χ0) is 29.9. The summed E-state index contributed by atoms with van der Waals surface area (Å²) in [5.41, 5.74) is 3.66. The highest BCUT2D eigenvalue weighted by molar-refractivity contribution is 5.92. The van der Waals surface area contributed by atoms with Crippen molar-refractivity contribution in [3.63, 3.8) is 0 Å². The highest BCUT2D eigenvalue weighted by atomic mass is 19.1. The molecule has 1 spiro atoms. The second-order valence-corrected chi connectivity index (χ2v) is 12.5. The molecule has 2 aliphatic heterocycles. The van der Waals surface area contributed by atoms with Crippen LogP contribution in [-0.4, -0.2) is 81.2 Å². The number of rotatable bonds is 7. The number of carbonyl (C=O) groups is 2. The molecule has 10 nitrogen and oxygen atoms in total. The fraction of sp³-hybridized carbons (Fsp3) is 0.406. The fourth-order valence-corrected chi connectivity index (χ4v) is 7.01. The average Bonchev–Trinajstić information content (AvgIpc) is 3.60. The molecule has 43 heavy (non-hydrogen) atoms. The van der Waals surface area contributed by atoms with Crippen LogP contribution in [0.4, 0.5) is 15.9 Å². The molecule has 1 N–H and O–H groups in total.